The summed E-state index contributed by atoms with van der Waals surface area (Å²) in [6.07, 6.45) is 0.925. The summed E-state index contributed by atoms with van der Waals surface area (Å²) in [7, 11) is 0. The molecule has 0 aliphatic heterocycles. The second kappa shape index (κ2) is 9.78. The van der Waals surface area contributed by atoms with Crippen molar-refractivity contribution in [2.75, 3.05) is 19.6 Å². The first-order chi connectivity index (χ1) is 8.86. The monoisotopic (exact) mass is 272 g/mol. The van der Waals surface area contributed by atoms with Crippen molar-refractivity contribution >= 4 is 11.9 Å². The lowest BCUT2D eigenvalue weighted by Gasteiger charge is -2.19. The Bertz CT molecular complexity index is 280. The highest BCUT2D eigenvalue weighted by Gasteiger charge is 2.18. The molecule has 0 saturated carbocycles. The molecule has 5 nitrogen and oxygen atoms in total. The van der Waals surface area contributed by atoms with Gasteiger partial charge in [0.25, 0.3) is 0 Å². The summed E-state index contributed by atoms with van der Waals surface area (Å²) in [6.45, 7) is 9.92. The Morgan fingerprint density at radius 1 is 1.16 bits per heavy atom. The number of amides is 1. The van der Waals surface area contributed by atoms with Crippen molar-refractivity contribution < 1.29 is 14.7 Å². The Morgan fingerprint density at radius 2 is 1.79 bits per heavy atom. The van der Waals surface area contributed by atoms with Crippen molar-refractivity contribution in [3.8, 4) is 0 Å². The van der Waals surface area contributed by atoms with E-state index in [9.17, 15) is 9.59 Å². The van der Waals surface area contributed by atoms with Crippen LogP contribution in [0.25, 0.3) is 0 Å². The fraction of sp³-hybridized carbons (Fsp3) is 0.857. The second-order valence-electron chi connectivity index (χ2n) is 5.55. The van der Waals surface area contributed by atoms with Crippen LogP contribution in [0.1, 0.15) is 40.5 Å². The largest absolute Gasteiger partial charge is 0.481 e. The van der Waals surface area contributed by atoms with Gasteiger partial charge in [-0.15, -0.1) is 0 Å². The van der Waals surface area contributed by atoms with Gasteiger partial charge >= 0.3 is 5.97 Å². The number of rotatable bonds is 10. The lowest BCUT2D eigenvalue weighted by atomic mass is 9.94. The van der Waals surface area contributed by atoms with Gasteiger partial charge in [0.1, 0.15) is 0 Å². The summed E-state index contributed by atoms with van der Waals surface area (Å²) in [6, 6.07) is 0. The molecule has 0 heterocycles. The van der Waals surface area contributed by atoms with E-state index in [1.165, 1.54) is 0 Å². The number of nitrogens with one attached hydrogen (secondary N) is 2. The van der Waals surface area contributed by atoms with E-state index in [0.29, 0.717) is 19.0 Å². The molecule has 0 aliphatic carbocycles. The Balaban J connectivity index is 4.14. The van der Waals surface area contributed by atoms with E-state index in [2.05, 4.69) is 24.5 Å². The molecule has 0 radical (unpaired) electrons. The summed E-state index contributed by atoms with van der Waals surface area (Å²) in [4.78, 5) is 22.6. The second-order valence-corrected chi connectivity index (χ2v) is 5.55. The van der Waals surface area contributed by atoms with Crippen LogP contribution in [0.2, 0.25) is 0 Å². The van der Waals surface area contributed by atoms with Crippen LogP contribution in [-0.4, -0.2) is 36.6 Å². The molecule has 19 heavy (non-hydrogen) atoms. The molecule has 0 rings (SSSR count). The van der Waals surface area contributed by atoms with Gasteiger partial charge in [0.05, 0.1) is 0 Å². The Morgan fingerprint density at radius 3 is 2.26 bits per heavy atom. The number of aliphatic carboxylic acids is 1. The number of hydrogen-bond acceptors (Lipinski definition) is 3. The first-order valence-corrected chi connectivity index (χ1v) is 7.07. The van der Waals surface area contributed by atoms with Crippen molar-refractivity contribution in [3.63, 3.8) is 0 Å². The third-order valence-corrected chi connectivity index (χ3v) is 2.98. The predicted molar refractivity (Wildman–Crippen MR) is 75.9 cm³/mol. The van der Waals surface area contributed by atoms with Crippen LogP contribution in [0, 0.1) is 17.8 Å². The standard InChI is InChI=1S/C14H28N2O3/c1-5-15-8-11(4)14(19)16-9-12(6-10(2)3)7-13(17)18/h10-12,15H,5-9H2,1-4H3,(H,16,19)(H,17,18)/t11?,12-/m0/s1. The minimum absolute atomic E-state index is 0.00721. The Kier molecular flexibility index (Phi) is 9.21. The van der Waals surface area contributed by atoms with Gasteiger partial charge in [-0.25, -0.2) is 0 Å². The summed E-state index contributed by atoms with van der Waals surface area (Å²) in [5.41, 5.74) is 0. The zero-order valence-electron chi connectivity index (χ0n) is 12.5. The molecular formula is C14H28N2O3. The topological polar surface area (TPSA) is 78.4 Å². The van der Waals surface area contributed by atoms with Crippen LogP contribution in [0.4, 0.5) is 0 Å². The summed E-state index contributed by atoms with van der Waals surface area (Å²) >= 11 is 0. The molecule has 0 bridgehead atoms. The molecule has 0 saturated heterocycles. The molecule has 3 N–H and O–H groups in total. The molecule has 0 aromatic rings. The summed E-state index contributed by atoms with van der Waals surface area (Å²) in [5.74, 6) is -0.474. The van der Waals surface area contributed by atoms with E-state index in [1.807, 2.05) is 13.8 Å². The minimum Gasteiger partial charge on any atom is -0.481 e. The SMILES string of the molecule is CCNCC(C)C(=O)NC[C@H](CC(=O)O)CC(C)C. The van der Waals surface area contributed by atoms with Crippen molar-refractivity contribution in [1.29, 1.82) is 0 Å². The number of carbonyl (C=O) groups excluding carboxylic acids is 1. The van der Waals surface area contributed by atoms with Gasteiger partial charge in [-0.2, -0.15) is 0 Å². The normalized spacial score (nSPS) is 14.2. The van der Waals surface area contributed by atoms with Crippen molar-refractivity contribution in [3.05, 3.63) is 0 Å². The van der Waals surface area contributed by atoms with Crippen LogP contribution in [0.5, 0.6) is 0 Å². The van der Waals surface area contributed by atoms with Crippen LogP contribution in [0.3, 0.4) is 0 Å². The van der Waals surface area contributed by atoms with Crippen LogP contribution < -0.4 is 10.6 Å². The Labute approximate surface area is 116 Å². The molecule has 112 valence electrons. The molecule has 0 aliphatic rings. The van der Waals surface area contributed by atoms with Gasteiger partial charge < -0.3 is 15.7 Å². The van der Waals surface area contributed by atoms with E-state index in [-0.39, 0.29) is 24.2 Å². The zero-order chi connectivity index (χ0) is 14.8. The smallest absolute Gasteiger partial charge is 0.303 e. The highest BCUT2D eigenvalue weighted by Crippen LogP contribution is 2.14. The molecular weight excluding hydrogens is 244 g/mol. The Hall–Kier alpha value is -1.10. The number of carbonyl (C=O) groups is 2. The first kappa shape index (κ1) is 17.9. The first-order valence-electron chi connectivity index (χ1n) is 7.07. The van der Waals surface area contributed by atoms with Gasteiger partial charge in [0, 0.05) is 25.4 Å². The molecule has 5 heteroatoms. The van der Waals surface area contributed by atoms with E-state index in [0.717, 1.165) is 13.0 Å². The maximum absolute atomic E-state index is 11.8. The maximum atomic E-state index is 11.8. The van der Waals surface area contributed by atoms with Gasteiger partial charge in [-0.3, -0.25) is 9.59 Å². The lowest BCUT2D eigenvalue weighted by Crippen LogP contribution is -2.38. The minimum atomic E-state index is -0.805. The van der Waals surface area contributed by atoms with Crippen LogP contribution in [-0.2, 0) is 9.59 Å². The van der Waals surface area contributed by atoms with E-state index < -0.39 is 5.97 Å². The highest BCUT2D eigenvalue weighted by molar-refractivity contribution is 5.78. The van der Waals surface area contributed by atoms with Crippen LogP contribution >= 0.6 is 0 Å². The third-order valence-electron chi connectivity index (χ3n) is 2.98. The van der Waals surface area contributed by atoms with Gasteiger partial charge in [0.15, 0.2) is 0 Å². The number of carboxylic acid groups (broad SMARTS) is 1. The molecule has 0 aromatic carbocycles. The lowest BCUT2D eigenvalue weighted by molar-refractivity contribution is -0.138. The molecule has 2 atom stereocenters. The van der Waals surface area contributed by atoms with Gasteiger partial charge in [-0.1, -0.05) is 27.7 Å². The molecule has 0 aromatic heterocycles. The molecule has 0 fully saturated rings. The fourth-order valence-electron chi connectivity index (χ4n) is 2.03. The molecule has 0 spiro atoms. The average molecular weight is 272 g/mol. The quantitative estimate of drug-likeness (QED) is 0.563. The summed E-state index contributed by atoms with van der Waals surface area (Å²) in [5, 5.41) is 14.9. The summed E-state index contributed by atoms with van der Waals surface area (Å²) < 4.78 is 0. The van der Waals surface area contributed by atoms with E-state index in [1.54, 1.807) is 0 Å². The van der Waals surface area contributed by atoms with Crippen LogP contribution in [0.15, 0.2) is 0 Å². The van der Waals surface area contributed by atoms with E-state index >= 15 is 0 Å². The van der Waals surface area contributed by atoms with Crippen molar-refractivity contribution in [1.82, 2.24) is 10.6 Å². The maximum Gasteiger partial charge on any atom is 0.303 e. The van der Waals surface area contributed by atoms with Crippen molar-refractivity contribution in [2.24, 2.45) is 17.8 Å². The fourth-order valence-corrected chi connectivity index (χ4v) is 2.03. The molecule has 1 unspecified atom stereocenters. The van der Waals surface area contributed by atoms with Crippen molar-refractivity contribution in [2.45, 2.75) is 40.5 Å². The predicted octanol–water partition coefficient (Wildman–Crippen LogP) is 1.49. The number of carboxylic acids is 1. The van der Waals surface area contributed by atoms with Gasteiger partial charge in [0.2, 0.25) is 5.91 Å². The van der Waals surface area contributed by atoms with Gasteiger partial charge in [-0.05, 0) is 24.8 Å². The highest BCUT2D eigenvalue weighted by atomic mass is 16.4. The molecule has 1 amide bonds. The van der Waals surface area contributed by atoms with E-state index in [4.69, 9.17) is 5.11 Å². The number of hydrogen-bond donors (Lipinski definition) is 3. The third kappa shape index (κ3) is 9.47. The zero-order valence-corrected chi connectivity index (χ0v) is 12.5. The average Bonchev–Trinajstić information content (AvgIpc) is 2.31.